The van der Waals surface area contributed by atoms with Crippen molar-refractivity contribution in [1.29, 1.82) is 0 Å². The summed E-state index contributed by atoms with van der Waals surface area (Å²) in [6.07, 6.45) is -0.530. The molecule has 1 amide bonds. The first-order valence-corrected chi connectivity index (χ1v) is 6.93. The molecule has 2 N–H and O–H groups in total. The van der Waals surface area contributed by atoms with Crippen molar-refractivity contribution in [2.24, 2.45) is 0 Å². The number of aromatic nitrogens is 1. The van der Waals surface area contributed by atoms with Crippen LogP contribution in [0.15, 0.2) is 17.5 Å². The summed E-state index contributed by atoms with van der Waals surface area (Å²) < 4.78 is 3.15. The summed E-state index contributed by atoms with van der Waals surface area (Å²) in [7, 11) is 0. The van der Waals surface area contributed by atoms with Gasteiger partial charge in [-0.1, -0.05) is 0 Å². The lowest BCUT2D eigenvalue weighted by molar-refractivity contribution is 0.0914. The van der Waals surface area contributed by atoms with Crippen molar-refractivity contribution in [3.05, 3.63) is 23.2 Å². The Bertz CT molecular complexity index is 554. The van der Waals surface area contributed by atoms with Gasteiger partial charge in [-0.25, -0.2) is 0 Å². The van der Waals surface area contributed by atoms with Crippen LogP contribution in [-0.2, 0) is 0 Å². The SMILES string of the molecule is CC(O)CNC(=O)c1cc2sccc2n1C(C)C. The highest BCUT2D eigenvalue weighted by molar-refractivity contribution is 7.17. The number of hydrogen-bond acceptors (Lipinski definition) is 3. The van der Waals surface area contributed by atoms with Crippen molar-refractivity contribution < 1.29 is 9.90 Å². The number of amides is 1. The highest BCUT2D eigenvalue weighted by Crippen LogP contribution is 2.28. The molecule has 0 radical (unpaired) electrons. The fourth-order valence-corrected chi connectivity index (χ4v) is 2.82. The van der Waals surface area contributed by atoms with Crippen LogP contribution in [0.5, 0.6) is 0 Å². The summed E-state index contributed by atoms with van der Waals surface area (Å²) in [4.78, 5) is 12.1. The number of fused-ring (bicyclic) bond motifs is 1. The summed E-state index contributed by atoms with van der Waals surface area (Å²) >= 11 is 1.63. The van der Waals surface area contributed by atoms with E-state index in [-0.39, 0.29) is 18.5 Å². The van der Waals surface area contributed by atoms with E-state index in [9.17, 15) is 9.90 Å². The van der Waals surface area contributed by atoms with Gasteiger partial charge in [0.25, 0.3) is 5.91 Å². The summed E-state index contributed by atoms with van der Waals surface area (Å²) in [6, 6.07) is 4.17. The fraction of sp³-hybridized carbons (Fsp3) is 0.462. The number of nitrogens with one attached hydrogen (secondary N) is 1. The summed E-state index contributed by atoms with van der Waals surface area (Å²) in [6.45, 7) is 6.04. The molecule has 0 fully saturated rings. The Morgan fingerprint density at radius 1 is 1.50 bits per heavy atom. The molecule has 0 aromatic carbocycles. The first-order chi connectivity index (χ1) is 8.50. The van der Waals surface area contributed by atoms with Gasteiger partial charge in [0.05, 0.1) is 16.3 Å². The molecule has 2 aromatic rings. The Kier molecular flexibility index (Phi) is 3.73. The van der Waals surface area contributed by atoms with Crippen LogP contribution in [-0.4, -0.2) is 28.2 Å². The van der Waals surface area contributed by atoms with Gasteiger partial charge in [0, 0.05) is 12.6 Å². The molecule has 2 aromatic heterocycles. The second-order valence-electron chi connectivity index (χ2n) is 4.72. The van der Waals surface area contributed by atoms with Crippen molar-refractivity contribution in [2.45, 2.75) is 32.9 Å². The Labute approximate surface area is 110 Å². The maximum absolute atomic E-state index is 12.1. The van der Waals surface area contributed by atoms with E-state index in [2.05, 4.69) is 19.2 Å². The minimum absolute atomic E-state index is 0.131. The Balaban J connectivity index is 2.34. The lowest BCUT2D eigenvalue weighted by Crippen LogP contribution is -2.32. The minimum atomic E-state index is -0.530. The van der Waals surface area contributed by atoms with E-state index < -0.39 is 6.10 Å². The van der Waals surface area contributed by atoms with Crippen molar-refractivity contribution >= 4 is 27.5 Å². The van der Waals surface area contributed by atoms with Crippen molar-refractivity contribution in [3.63, 3.8) is 0 Å². The molecule has 1 unspecified atom stereocenters. The molecule has 2 rings (SSSR count). The molecule has 0 saturated carbocycles. The molecular formula is C13H18N2O2S. The van der Waals surface area contributed by atoms with E-state index in [1.165, 1.54) is 0 Å². The number of carbonyl (C=O) groups excluding carboxylic acids is 1. The van der Waals surface area contributed by atoms with Crippen molar-refractivity contribution in [3.8, 4) is 0 Å². The van der Waals surface area contributed by atoms with Gasteiger partial charge >= 0.3 is 0 Å². The van der Waals surface area contributed by atoms with E-state index in [4.69, 9.17) is 0 Å². The molecular weight excluding hydrogens is 248 g/mol. The lowest BCUT2D eigenvalue weighted by Gasteiger charge is -2.14. The average molecular weight is 266 g/mol. The normalized spacial score (nSPS) is 13.2. The Morgan fingerprint density at radius 3 is 2.83 bits per heavy atom. The second-order valence-corrected chi connectivity index (χ2v) is 5.67. The number of rotatable bonds is 4. The zero-order chi connectivity index (χ0) is 13.3. The molecule has 4 nitrogen and oxygen atoms in total. The van der Waals surface area contributed by atoms with Crippen LogP contribution in [0.3, 0.4) is 0 Å². The number of thiophene rings is 1. The van der Waals surface area contributed by atoms with E-state index in [1.807, 2.05) is 22.1 Å². The third-order valence-electron chi connectivity index (χ3n) is 2.77. The predicted molar refractivity (Wildman–Crippen MR) is 74.2 cm³/mol. The highest BCUT2D eigenvalue weighted by atomic mass is 32.1. The summed E-state index contributed by atoms with van der Waals surface area (Å²) in [5.74, 6) is -0.131. The van der Waals surface area contributed by atoms with E-state index in [0.717, 1.165) is 10.2 Å². The fourth-order valence-electron chi connectivity index (χ4n) is 2.01. The number of nitrogens with zero attached hydrogens (tertiary/aromatic N) is 1. The molecule has 98 valence electrons. The zero-order valence-electron chi connectivity index (χ0n) is 10.8. The van der Waals surface area contributed by atoms with Crippen LogP contribution >= 0.6 is 11.3 Å². The smallest absolute Gasteiger partial charge is 0.268 e. The van der Waals surface area contributed by atoms with E-state index in [1.54, 1.807) is 18.3 Å². The van der Waals surface area contributed by atoms with Crippen molar-refractivity contribution in [2.75, 3.05) is 6.54 Å². The largest absolute Gasteiger partial charge is 0.392 e. The van der Waals surface area contributed by atoms with Gasteiger partial charge in [0.1, 0.15) is 5.69 Å². The first kappa shape index (κ1) is 13.1. The van der Waals surface area contributed by atoms with Gasteiger partial charge in [-0.3, -0.25) is 4.79 Å². The van der Waals surface area contributed by atoms with Gasteiger partial charge in [-0.15, -0.1) is 11.3 Å². The number of carbonyl (C=O) groups is 1. The summed E-state index contributed by atoms with van der Waals surface area (Å²) in [5, 5.41) is 14.0. The summed E-state index contributed by atoms with van der Waals surface area (Å²) in [5.41, 5.74) is 1.75. The van der Waals surface area contributed by atoms with Gasteiger partial charge in [0.2, 0.25) is 0 Å². The zero-order valence-corrected chi connectivity index (χ0v) is 11.6. The maximum Gasteiger partial charge on any atom is 0.268 e. The molecule has 0 saturated heterocycles. The number of hydrogen-bond donors (Lipinski definition) is 2. The molecule has 18 heavy (non-hydrogen) atoms. The molecule has 5 heteroatoms. The third kappa shape index (κ3) is 2.42. The van der Waals surface area contributed by atoms with Crippen LogP contribution in [0.25, 0.3) is 10.2 Å². The van der Waals surface area contributed by atoms with Crippen LogP contribution in [0, 0.1) is 0 Å². The molecule has 1 atom stereocenters. The van der Waals surface area contributed by atoms with Crippen LogP contribution in [0.4, 0.5) is 0 Å². The van der Waals surface area contributed by atoms with E-state index >= 15 is 0 Å². The molecule has 2 heterocycles. The van der Waals surface area contributed by atoms with Crippen LogP contribution < -0.4 is 5.32 Å². The average Bonchev–Trinajstić information content (AvgIpc) is 2.83. The molecule has 0 bridgehead atoms. The van der Waals surface area contributed by atoms with E-state index in [0.29, 0.717) is 5.69 Å². The second kappa shape index (κ2) is 5.12. The lowest BCUT2D eigenvalue weighted by atomic mass is 10.3. The maximum atomic E-state index is 12.1. The topological polar surface area (TPSA) is 54.3 Å². The molecule has 0 aliphatic rings. The van der Waals surface area contributed by atoms with Crippen molar-refractivity contribution in [1.82, 2.24) is 9.88 Å². The van der Waals surface area contributed by atoms with Gasteiger partial charge in [0.15, 0.2) is 0 Å². The first-order valence-electron chi connectivity index (χ1n) is 6.05. The molecule has 0 spiro atoms. The van der Waals surface area contributed by atoms with Gasteiger partial charge in [-0.2, -0.15) is 0 Å². The highest BCUT2D eigenvalue weighted by Gasteiger charge is 2.18. The van der Waals surface area contributed by atoms with Crippen LogP contribution in [0.1, 0.15) is 37.3 Å². The third-order valence-corrected chi connectivity index (χ3v) is 3.62. The predicted octanol–water partition coefficient (Wildman–Crippen LogP) is 2.39. The standard InChI is InChI=1S/C13H18N2O2S/c1-8(2)15-10-4-5-18-12(10)6-11(15)13(17)14-7-9(3)16/h4-6,8-9,16H,7H2,1-3H3,(H,14,17). The molecule has 0 aliphatic heterocycles. The Morgan fingerprint density at radius 2 is 2.22 bits per heavy atom. The molecule has 0 aliphatic carbocycles. The number of aliphatic hydroxyl groups is 1. The Hall–Kier alpha value is -1.33. The number of aliphatic hydroxyl groups excluding tert-OH is 1. The minimum Gasteiger partial charge on any atom is -0.392 e. The van der Waals surface area contributed by atoms with Crippen LogP contribution in [0.2, 0.25) is 0 Å². The monoisotopic (exact) mass is 266 g/mol. The van der Waals surface area contributed by atoms with Gasteiger partial charge < -0.3 is 15.0 Å². The van der Waals surface area contributed by atoms with Gasteiger partial charge in [-0.05, 0) is 38.3 Å². The quantitative estimate of drug-likeness (QED) is 0.892.